The van der Waals surface area contributed by atoms with Gasteiger partial charge in [-0.2, -0.15) is 0 Å². The highest BCUT2D eigenvalue weighted by Gasteiger charge is 1.93. The average molecular weight is 286 g/mol. The summed E-state index contributed by atoms with van der Waals surface area (Å²) >= 11 is 3.40. The van der Waals surface area contributed by atoms with Crippen LogP contribution >= 0.6 is 15.9 Å². The van der Waals surface area contributed by atoms with Crippen molar-refractivity contribution in [3.8, 4) is 11.8 Å². The monoisotopic (exact) mass is 285 g/mol. The molecule has 0 bridgehead atoms. The quantitative estimate of drug-likeness (QED) is 0.629. The molecule has 2 aromatic carbocycles. The molecule has 0 aromatic heterocycles. The van der Waals surface area contributed by atoms with Gasteiger partial charge in [0.25, 0.3) is 0 Å². The van der Waals surface area contributed by atoms with E-state index in [1.165, 1.54) is 0 Å². The third kappa shape index (κ3) is 3.37. The van der Waals surface area contributed by atoms with Gasteiger partial charge in [-0.15, -0.1) is 0 Å². The molecule has 2 rings (SSSR count). The van der Waals surface area contributed by atoms with E-state index in [4.69, 9.17) is 5.73 Å². The molecule has 0 heterocycles. The van der Waals surface area contributed by atoms with Gasteiger partial charge < -0.3 is 5.73 Å². The number of halogens is 1. The van der Waals surface area contributed by atoms with Crippen LogP contribution in [0.25, 0.3) is 0 Å². The fraction of sp³-hybridized carbons (Fsp3) is 0.0667. The molecule has 1 nitrogen and oxygen atoms in total. The Kier molecular flexibility index (Phi) is 3.85. The van der Waals surface area contributed by atoms with Gasteiger partial charge in [-0.05, 0) is 35.9 Å². The van der Waals surface area contributed by atoms with Crippen LogP contribution < -0.4 is 5.73 Å². The first-order valence-electron chi connectivity index (χ1n) is 5.33. The summed E-state index contributed by atoms with van der Waals surface area (Å²) in [6.07, 6.45) is 0.683. The molecule has 2 aromatic rings. The highest BCUT2D eigenvalue weighted by Crippen LogP contribution is 2.11. The third-order valence-corrected chi connectivity index (χ3v) is 2.94. The van der Waals surface area contributed by atoms with Gasteiger partial charge in [0.1, 0.15) is 0 Å². The second-order valence-corrected chi connectivity index (χ2v) is 4.60. The predicted octanol–water partition coefficient (Wildman–Crippen LogP) is 3.63. The van der Waals surface area contributed by atoms with Crippen molar-refractivity contribution in [3.05, 3.63) is 64.1 Å². The van der Waals surface area contributed by atoms with Crippen LogP contribution in [-0.4, -0.2) is 0 Å². The Morgan fingerprint density at radius 3 is 2.41 bits per heavy atom. The van der Waals surface area contributed by atoms with Crippen LogP contribution in [0, 0.1) is 11.8 Å². The minimum Gasteiger partial charge on any atom is -0.398 e. The topological polar surface area (TPSA) is 26.0 Å². The molecule has 2 N–H and O–H groups in total. The second kappa shape index (κ2) is 5.56. The van der Waals surface area contributed by atoms with E-state index in [-0.39, 0.29) is 0 Å². The van der Waals surface area contributed by atoms with Crippen LogP contribution in [0.5, 0.6) is 0 Å². The zero-order valence-electron chi connectivity index (χ0n) is 9.28. The van der Waals surface area contributed by atoms with E-state index in [1.807, 2.05) is 48.5 Å². The fourth-order valence-electron chi connectivity index (χ4n) is 1.47. The molecule has 0 saturated heterocycles. The Labute approximate surface area is 110 Å². The van der Waals surface area contributed by atoms with Crippen molar-refractivity contribution in [1.29, 1.82) is 0 Å². The zero-order chi connectivity index (χ0) is 12.1. The minimum absolute atomic E-state index is 0.683. The summed E-state index contributed by atoms with van der Waals surface area (Å²) < 4.78 is 1.07. The molecular weight excluding hydrogens is 274 g/mol. The summed E-state index contributed by atoms with van der Waals surface area (Å²) in [5, 5.41) is 0. The lowest BCUT2D eigenvalue weighted by molar-refractivity contribution is 1.32. The fourth-order valence-corrected chi connectivity index (χ4v) is 1.73. The van der Waals surface area contributed by atoms with Gasteiger partial charge in [-0.25, -0.2) is 0 Å². The summed E-state index contributed by atoms with van der Waals surface area (Å²) in [6.45, 7) is 0. The largest absolute Gasteiger partial charge is 0.398 e. The molecule has 0 saturated carbocycles. The lowest BCUT2D eigenvalue weighted by Crippen LogP contribution is -1.91. The second-order valence-electron chi connectivity index (χ2n) is 3.68. The number of para-hydroxylation sites is 1. The molecule has 0 aliphatic heterocycles. The first kappa shape index (κ1) is 11.8. The van der Waals surface area contributed by atoms with E-state index in [2.05, 4.69) is 27.8 Å². The predicted molar refractivity (Wildman–Crippen MR) is 75.6 cm³/mol. The molecule has 0 amide bonds. The van der Waals surface area contributed by atoms with Crippen LogP contribution in [0.4, 0.5) is 5.69 Å². The van der Waals surface area contributed by atoms with Crippen LogP contribution in [-0.2, 0) is 6.42 Å². The van der Waals surface area contributed by atoms with E-state index in [0.29, 0.717) is 6.42 Å². The number of hydrogen-bond donors (Lipinski definition) is 1. The van der Waals surface area contributed by atoms with Gasteiger partial charge in [0.15, 0.2) is 0 Å². The van der Waals surface area contributed by atoms with Gasteiger partial charge in [0.05, 0.1) is 0 Å². The summed E-state index contributed by atoms with van der Waals surface area (Å²) in [4.78, 5) is 0. The molecule has 84 valence electrons. The van der Waals surface area contributed by atoms with Crippen molar-refractivity contribution in [2.24, 2.45) is 0 Å². The number of rotatable bonds is 1. The lowest BCUT2D eigenvalue weighted by Gasteiger charge is -1.99. The van der Waals surface area contributed by atoms with Gasteiger partial charge in [-0.1, -0.05) is 46.0 Å². The SMILES string of the molecule is Nc1ccccc1CC#Cc1ccc(Br)cc1. The maximum absolute atomic E-state index is 5.85. The van der Waals surface area contributed by atoms with Crippen LogP contribution in [0.2, 0.25) is 0 Å². The van der Waals surface area contributed by atoms with Crippen molar-refractivity contribution in [1.82, 2.24) is 0 Å². The Morgan fingerprint density at radius 2 is 1.71 bits per heavy atom. The Balaban J connectivity index is 2.09. The summed E-state index contributed by atoms with van der Waals surface area (Å²) in [5.41, 5.74) is 8.75. The molecule has 0 aliphatic rings. The summed E-state index contributed by atoms with van der Waals surface area (Å²) in [7, 11) is 0. The Morgan fingerprint density at radius 1 is 1.00 bits per heavy atom. The smallest absolute Gasteiger partial charge is 0.0364 e. The molecule has 0 unspecified atom stereocenters. The number of nitrogens with two attached hydrogens (primary N) is 1. The molecule has 0 aliphatic carbocycles. The van der Waals surface area contributed by atoms with Crippen LogP contribution in [0.3, 0.4) is 0 Å². The Hall–Kier alpha value is -1.72. The van der Waals surface area contributed by atoms with Gasteiger partial charge in [0, 0.05) is 22.1 Å². The van der Waals surface area contributed by atoms with E-state index in [9.17, 15) is 0 Å². The molecule has 0 radical (unpaired) electrons. The van der Waals surface area contributed by atoms with Crippen molar-refractivity contribution < 1.29 is 0 Å². The van der Waals surface area contributed by atoms with Crippen molar-refractivity contribution in [2.45, 2.75) is 6.42 Å². The van der Waals surface area contributed by atoms with Crippen LogP contribution in [0.1, 0.15) is 11.1 Å². The average Bonchev–Trinajstić information content (AvgIpc) is 2.34. The third-order valence-electron chi connectivity index (χ3n) is 2.41. The number of benzene rings is 2. The van der Waals surface area contributed by atoms with Crippen molar-refractivity contribution in [2.75, 3.05) is 5.73 Å². The highest BCUT2D eigenvalue weighted by molar-refractivity contribution is 9.10. The maximum atomic E-state index is 5.85. The number of nitrogen functional groups attached to an aromatic ring is 1. The first-order chi connectivity index (χ1) is 8.25. The molecular formula is C15H12BrN. The van der Waals surface area contributed by atoms with E-state index < -0.39 is 0 Å². The number of anilines is 1. The van der Waals surface area contributed by atoms with Gasteiger partial charge in [0.2, 0.25) is 0 Å². The summed E-state index contributed by atoms with van der Waals surface area (Å²) in [5.74, 6) is 6.25. The normalized spacial score (nSPS) is 9.47. The summed E-state index contributed by atoms with van der Waals surface area (Å²) in [6, 6.07) is 15.8. The standard InChI is InChI=1S/C15H12BrN/c16-14-10-8-12(9-11-14)4-3-6-13-5-1-2-7-15(13)17/h1-2,5,7-11H,6,17H2. The molecule has 2 heteroatoms. The molecule has 0 atom stereocenters. The van der Waals surface area contributed by atoms with Crippen LogP contribution in [0.15, 0.2) is 53.0 Å². The molecule has 0 spiro atoms. The number of hydrogen-bond acceptors (Lipinski definition) is 1. The first-order valence-corrected chi connectivity index (χ1v) is 6.13. The zero-order valence-corrected chi connectivity index (χ0v) is 10.9. The highest BCUT2D eigenvalue weighted by atomic mass is 79.9. The van der Waals surface area contributed by atoms with E-state index >= 15 is 0 Å². The Bertz CT molecular complexity index is 561. The van der Waals surface area contributed by atoms with E-state index in [0.717, 1.165) is 21.3 Å². The molecule has 0 fully saturated rings. The van der Waals surface area contributed by atoms with Crippen molar-refractivity contribution >= 4 is 21.6 Å². The van der Waals surface area contributed by atoms with E-state index in [1.54, 1.807) is 0 Å². The lowest BCUT2D eigenvalue weighted by atomic mass is 10.1. The van der Waals surface area contributed by atoms with Crippen molar-refractivity contribution in [3.63, 3.8) is 0 Å². The maximum Gasteiger partial charge on any atom is 0.0364 e. The van der Waals surface area contributed by atoms with Gasteiger partial charge >= 0.3 is 0 Å². The molecule has 17 heavy (non-hydrogen) atoms. The minimum atomic E-state index is 0.683. The van der Waals surface area contributed by atoms with Gasteiger partial charge in [-0.3, -0.25) is 0 Å².